The first kappa shape index (κ1) is 115. The van der Waals surface area contributed by atoms with Gasteiger partial charge in [-0.3, -0.25) is 9.59 Å². The van der Waals surface area contributed by atoms with Crippen molar-refractivity contribution in [2.24, 2.45) is 0 Å². The van der Waals surface area contributed by atoms with Crippen LogP contribution >= 0.6 is 336 Å². The number of fused-ring (bicyclic) bond motifs is 8. The molecule has 15 rings (SSSR count). The fraction of sp³-hybridized carbons (Fsp3) is 0.0882. The van der Waals surface area contributed by atoms with Gasteiger partial charge in [0.25, 0.3) is 0 Å². The number of sulfone groups is 4. The molecule has 10 aromatic carbocycles. The van der Waals surface area contributed by atoms with Gasteiger partial charge in [0.05, 0.1) is 73.1 Å². The summed E-state index contributed by atoms with van der Waals surface area (Å²) in [5.41, 5.74) is 6.43. The number of carbonyl (C=O) groups is 2. The number of ketones is 2. The average Bonchev–Trinajstić information content (AvgIpc) is 0.909. The molecule has 1 fully saturated rings. The maximum absolute atomic E-state index is 13.3. The van der Waals surface area contributed by atoms with Crippen molar-refractivity contribution in [2.75, 3.05) is 9.80 Å². The summed E-state index contributed by atoms with van der Waals surface area (Å²) in [7, 11) is 56.1. The monoisotopic (exact) mass is 2590 g/mol. The fourth-order valence-corrected chi connectivity index (χ4v) is 561. The molecule has 0 saturated carbocycles. The Morgan fingerprint density at radius 3 is 0.859 bits per heavy atom. The Morgan fingerprint density at radius 1 is 0.281 bits per heavy atom. The normalized spacial score (nSPS) is 16.9. The summed E-state index contributed by atoms with van der Waals surface area (Å²) in [6.45, 7) is 6.32. The number of nitrogens with zero attached hydrogens (tertiary/aromatic N) is 2. The van der Waals surface area contributed by atoms with E-state index in [1.165, 1.54) is 30.3 Å². The molecule has 0 radical (unpaired) electrons. The molecule has 0 aliphatic carbocycles. The molecule has 5 heterocycles. The standard InChI is InChI=1S/C31H19NO5S2.C24H24BNO4S.C13H7BrO3S.H42P40/c33-31-23-7-1-4-10-27(23)38(34,35)28-18-15-21(19-24(28)31)20-13-16-22(17-14-20)32-25-8-2-5-11-29(25)39(36,37)30-12-6-3-9-26(30)32;1-23(2)24(3,4)30-25(29-23)17-13-15-18(16-14-17)26-19-9-5-7-11-21(19)31(27,28)22-12-8-6-10-20(22)26;14-8-5-6-12-10(7-8)13(15)9-3-1-2-4-11(9)18(12,16)17;1-22(2)32(21)37(31(19)20)40(38(33(23(3)4)24(5)6)34(25(7)8)26(9)10)39(35(27(11)12)28(13)14)36(29(15)16)30(17)18/h1-19H;5-16H,1-4H3;1-7H;1-21H2. The lowest BCUT2D eigenvalue weighted by Crippen LogP contribution is -2.41. The van der Waals surface area contributed by atoms with Crippen LogP contribution in [0, 0.1) is 0 Å². The van der Waals surface area contributed by atoms with Gasteiger partial charge < -0.3 is 19.1 Å². The molecule has 23 atom stereocenters. The van der Waals surface area contributed by atoms with Gasteiger partial charge in [-0.1, -0.05) is 119 Å². The number of anilines is 6. The zero-order chi connectivity index (χ0) is 93.8. The Balaban J connectivity index is 0.000000159. The lowest BCUT2D eigenvalue weighted by molar-refractivity contribution is 0.00578. The number of hydrogen-bond donors (Lipinski definition) is 0. The first-order valence-corrected chi connectivity index (χ1v) is 116. The number of benzene rings is 10. The average molecular weight is 2590 g/mol. The molecule has 0 bridgehead atoms. The smallest absolute Gasteiger partial charge is 0.399 e. The number of para-hydroxylation sites is 4. The maximum atomic E-state index is 13.3. The highest BCUT2D eigenvalue weighted by molar-refractivity contribution is 9.48. The van der Waals surface area contributed by atoms with E-state index in [1.54, 1.807) is 127 Å². The topological polar surface area (TPSA) is 196 Å². The van der Waals surface area contributed by atoms with Gasteiger partial charge in [-0.2, -0.15) is 0 Å². The molecule has 680 valence electrons. The SMILES string of the molecule is CC1(C)OB(c2ccc(N3c4ccccc4S(=O)(=O)c4ccccc43)cc2)OC1(C)C.O=C1c2ccccc2S(=O)(=O)c2ccc(-c3ccc(N4c5ccccc5S(=O)(=O)c5ccccc54)cc3)cc21.O=C1c2ccccc2S(=O)(=O)c2ccc(Br)cc21.PP(P)P(P)P(P(P)P)P(P(P(P(P)P)P(P)P)P(P(P)P)P(P)P)P(P(P(P)P)P(P)P)P(P(P)P)P(P)P. The largest absolute Gasteiger partial charge is 0.494 e. The van der Waals surface area contributed by atoms with Crippen LogP contribution in [0.5, 0.6) is 0 Å². The maximum Gasteiger partial charge on any atom is 0.494 e. The molecule has 5 aliphatic heterocycles. The molecule has 14 nitrogen and oxygen atoms in total. The molecule has 5 aliphatic rings. The van der Waals surface area contributed by atoms with E-state index in [2.05, 4.69) is 203 Å². The van der Waals surface area contributed by atoms with E-state index >= 15 is 0 Å². The molecule has 23 unspecified atom stereocenters. The third kappa shape index (κ3) is 25.4. The number of rotatable bonds is 22. The lowest BCUT2D eigenvalue weighted by Gasteiger charge is -2.56. The van der Waals surface area contributed by atoms with Crippen molar-refractivity contribution in [3.63, 3.8) is 0 Å². The minimum Gasteiger partial charge on any atom is -0.399 e. The molecule has 10 aromatic rings. The Kier molecular flexibility index (Phi) is 44.7. The zero-order valence-electron chi connectivity index (χ0n) is 67.9. The number of carbonyl (C=O) groups excluding carboxylic acids is 2. The number of halogens is 1. The minimum absolute atomic E-state index is 0.00862. The first-order chi connectivity index (χ1) is 60.0. The molecule has 0 aromatic heterocycles. The van der Waals surface area contributed by atoms with E-state index in [4.69, 9.17) is 9.31 Å². The van der Waals surface area contributed by atoms with Crippen LogP contribution < -0.4 is 15.3 Å². The summed E-state index contributed by atoms with van der Waals surface area (Å²) in [6.07, 6.45) is 0. The van der Waals surface area contributed by atoms with Gasteiger partial charge in [-0.25, -0.2) is 33.7 Å². The summed E-state index contributed by atoms with van der Waals surface area (Å²) in [5, 5.41) is 0. The van der Waals surface area contributed by atoms with Crippen molar-refractivity contribution in [1.82, 2.24) is 0 Å². The van der Waals surface area contributed by atoms with Gasteiger partial charge in [0.1, 0.15) is 0 Å². The van der Waals surface area contributed by atoms with Crippen LogP contribution in [-0.2, 0) is 48.7 Å². The van der Waals surface area contributed by atoms with E-state index in [-0.39, 0.29) is 196 Å². The second-order valence-corrected chi connectivity index (χ2v) is 200. The Morgan fingerprint density at radius 2 is 0.539 bits per heavy atom. The minimum atomic E-state index is -3.80. The van der Waals surface area contributed by atoms with Crippen LogP contribution in [-0.4, -0.2) is 63.6 Å². The summed E-state index contributed by atoms with van der Waals surface area (Å²) in [4.78, 5) is 30.7. The quantitative estimate of drug-likeness (QED) is 0.0459. The summed E-state index contributed by atoms with van der Waals surface area (Å²) < 4.78 is 117. The summed E-state index contributed by atoms with van der Waals surface area (Å²) in [6, 6.07) is 65.4. The van der Waals surface area contributed by atoms with Crippen molar-refractivity contribution < 1.29 is 52.6 Å². The third-order valence-corrected chi connectivity index (χ3v) is 300. The van der Waals surface area contributed by atoms with Gasteiger partial charge in [-0.05, 0) is 304 Å². The Labute approximate surface area is 833 Å². The van der Waals surface area contributed by atoms with E-state index in [1.807, 2.05) is 110 Å². The molecular weight excluding hydrogens is 2490 g/mol. The molecule has 0 N–H and O–H groups in total. The van der Waals surface area contributed by atoms with E-state index in [0.717, 1.165) is 22.4 Å². The predicted molar refractivity (Wildman–Crippen MR) is 674 cm³/mol. The van der Waals surface area contributed by atoms with Crippen LogP contribution in [0.4, 0.5) is 34.1 Å². The number of hydrogen-bond acceptors (Lipinski definition) is 14. The Bertz CT molecular complexity index is 6060. The lowest BCUT2D eigenvalue weighted by atomic mass is 9.79. The molecule has 1 saturated heterocycles. The molecule has 0 spiro atoms. The molecular formula is C68H92BBrN2O12P40S4. The highest BCUT2D eigenvalue weighted by Gasteiger charge is 2.57. The van der Waals surface area contributed by atoms with Crippen molar-refractivity contribution in [1.29, 1.82) is 0 Å². The van der Waals surface area contributed by atoms with Crippen molar-refractivity contribution >= 4 is 434 Å². The highest BCUT2D eigenvalue weighted by atomic mass is 79.9. The van der Waals surface area contributed by atoms with Gasteiger partial charge in [-0.15, -0.1) is 187 Å². The van der Waals surface area contributed by atoms with E-state index in [9.17, 15) is 43.3 Å². The zero-order valence-corrected chi connectivity index (χ0v) is 114. The molecule has 128 heavy (non-hydrogen) atoms. The van der Waals surface area contributed by atoms with Gasteiger partial charge in [0.2, 0.25) is 39.3 Å². The van der Waals surface area contributed by atoms with E-state index in [0.29, 0.717) is 42.6 Å². The first-order valence-electron chi connectivity index (χ1n) is 36.7. The Hall–Kier alpha value is 8.60. The van der Waals surface area contributed by atoms with Gasteiger partial charge >= 0.3 is 7.12 Å². The van der Waals surface area contributed by atoms with Gasteiger partial charge in [0.15, 0.2) is 11.6 Å². The van der Waals surface area contributed by atoms with Crippen LogP contribution in [0.2, 0.25) is 0 Å². The second kappa shape index (κ2) is 49.6. The van der Waals surface area contributed by atoms with Gasteiger partial charge in [0, 0.05) is 38.1 Å². The van der Waals surface area contributed by atoms with Crippen molar-refractivity contribution in [2.45, 2.75) is 78.1 Å². The van der Waals surface area contributed by atoms with Crippen LogP contribution in [0.3, 0.4) is 0 Å². The van der Waals surface area contributed by atoms with E-state index < -0.39 is 57.7 Å². The van der Waals surface area contributed by atoms with Crippen molar-refractivity contribution in [3.05, 3.63) is 257 Å². The van der Waals surface area contributed by atoms with Crippen molar-refractivity contribution in [3.8, 4) is 11.1 Å². The van der Waals surface area contributed by atoms with Crippen LogP contribution in [0.15, 0.2) is 274 Å². The summed E-state index contributed by atoms with van der Waals surface area (Å²) in [5.74, 6) is -0.576. The van der Waals surface area contributed by atoms with Crippen LogP contribution in [0.1, 0.15) is 59.5 Å². The molecule has 60 heteroatoms. The fourth-order valence-electron chi connectivity index (χ4n) is 13.7. The second-order valence-electron chi connectivity index (χ2n) is 28.6. The molecule has 0 amide bonds. The third-order valence-electron chi connectivity index (χ3n) is 19.9. The predicted octanol–water partition coefficient (Wildman–Crippen LogP) is 37.0. The summed E-state index contributed by atoms with van der Waals surface area (Å²) >= 11 is 3.25. The highest BCUT2D eigenvalue weighted by Crippen LogP contribution is 3.43. The van der Waals surface area contributed by atoms with Crippen LogP contribution in [0.25, 0.3) is 11.1 Å².